The number of carbonyl (C=O) groups is 3. The first kappa shape index (κ1) is 11.4. The summed E-state index contributed by atoms with van der Waals surface area (Å²) in [6.45, 7) is 1.25. The summed E-state index contributed by atoms with van der Waals surface area (Å²) in [5, 5.41) is 10.7. The summed E-state index contributed by atoms with van der Waals surface area (Å²) in [4.78, 5) is 31.3. The summed E-state index contributed by atoms with van der Waals surface area (Å²) in [6.07, 6.45) is -0.464. The molecule has 4 N–H and O–H groups in total. The van der Waals surface area contributed by atoms with E-state index >= 15 is 0 Å². The summed E-state index contributed by atoms with van der Waals surface area (Å²) in [6, 6.07) is -0.715. The SMILES string of the molecule is CC(=O)N[C@@H](CC(N)=O)CC(=O)O. The van der Waals surface area contributed by atoms with Crippen molar-refractivity contribution in [3.8, 4) is 0 Å². The van der Waals surface area contributed by atoms with Gasteiger partial charge in [-0.15, -0.1) is 0 Å². The molecule has 0 aliphatic carbocycles. The number of nitrogens with two attached hydrogens (primary N) is 1. The molecule has 0 spiro atoms. The predicted molar refractivity (Wildman–Crippen MR) is 43.7 cm³/mol. The minimum Gasteiger partial charge on any atom is -0.481 e. The van der Waals surface area contributed by atoms with Gasteiger partial charge in [-0.3, -0.25) is 14.4 Å². The fourth-order valence-electron chi connectivity index (χ4n) is 0.915. The zero-order valence-corrected chi connectivity index (χ0v) is 7.24. The van der Waals surface area contributed by atoms with Crippen LogP contribution >= 0.6 is 0 Å². The van der Waals surface area contributed by atoms with Crippen molar-refractivity contribution in [1.82, 2.24) is 5.32 Å². The van der Waals surface area contributed by atoms with Gasteiger partial charge < -0.3 is 16.2 Å². The molecule has 0 saturated heterocycles. The molecule has 74 valence electrons. The van der Waals surface area contributed by atoms with Gasteiger partial charge in [-0.2, -0.15) is 0 Å². The molecule has 0 aliphatic rings. The van der Waals surface area contributed by atoms with Gasteiger partial charge in [-0.25, -0.2) is 0 Å². The van der Waals surface area contributed by atoms with Crippen LogP contribution in [0.2, 0.25) is 0 Å². The highest BCUT2D eigenvalue weighted by Crippen LogP contribution is 1.97. The smallest absolute Gasteiger partial charge is 0.305 e. The fourth-order valence-corrected chi connectivity index (χ4v) is 0.915. The van der Waals surface area contributed by atoms with Crippen LogP contribution in [-0.4, -0.2) is 28.9 Å². The van der Waals surface area contributed by atoms with Crippen molar-refractivity contribution in [2.24, 2.45) is 5.73 Å². The maximum atomic E-state index is 10.6. The summed E-state index contributed by atoms with van der Waals surface area (Å²) in [5.74, 6) is -2.10. The van der Waals surface area contributed by atoms with E-state index in [0.717, 1.165) is 0 Å². The zero-order chi connectivity index (χ0) is 10.4. The zero-order valence-electron chi connectivity index (χ0n) is 7.24. The third kappa shape index (κ3) is 6.79. The Bertz CT molecular complexity index is 188. The average Bonchev–Trinajstić information content (AvgIpc) is 1.80. The Hall–Kier alpha value is -1.59. The van der Waals surface area contributed by atoms with Crippen molar-refractivity contribution in [1.29, 1.82) is 0 Å². The molecular weight excluding hydrogens is 176 g/mol. The third-order valence-electron chi connectivity index (χ3n) is 1.28. The van der Waals surface area contributed by atoms with Crippen LogP contribution in [0.3, 0.4) is 0 Å². The van der Waals surface area contributed by atoms with Gasteiger partial charge >= 0.3 is 5.97 Å². The molecule has 2 amide bonds. The number of hydrogen-bond donors (Lipinski definition) is 3. The molecule has 0 radical (unpaired) electrons. The highest BCUT2D eigenvalue weighted by molar-refractivity contribution is 5.79. The van der Waals surface area contributed by atoms with E-state index < -0.39 is 17.9 Å². The van der Waals surface area contributed by atoms with Gasteiger partial charge in [0.15, 0.2) is 0 Å². The van der Waals surface area contributed by atoms with Crippen LogP contribution in [0.1, 0.15) is 19.8 Å². The molecule has 0 fully saturated rings. The molecule has 0 saturated carbocycles. The van der Waals surface area contributed by atoms with Crippen molar-refractivity contribution in [2.45, 2.75) is 25.8 Å². The Morgan fingerprint density at radius 1 is 1.38 bits per heavy atom. The van der Waals surface area contributed by atoms with E-state index in [1.54, 1.807) is 0 Å². The van der Waals surface area contributed by atoms with E-state index in [0.29, 0.717) is 0 Å². The quantitative estimate of drug-likeness (QED) is 0.505. The number of carboxylic acid groups (broad SMARTS) is 1. The highest BCUT2D eigenvalue weighted by Gasteiger charge is 2.16. The van der Waals surface area contributed by atoms with Crippen LogP contribution in [0.15, 0.2) is 0 Å². The minimum atomic E-state index is -1.08. The molecular formula is C7H12N2O4. The van der Waals surface area contributed by atoms with Crippen molar-refractivity contribution in [3.63, 3.8) is 0 Å². The second kappa shape index (κ2) is 5.13. The summed E-state index contributed by atoms with van der Waals surface area (Å²) < 4.78 is 0. The topological polar surface area (TPSA) is 109 Å². The van der Waals surface area contributed by atoms with Gasteiger partial charge in [-0.1, -0.05) is 0 Å². The Morgan fingerprint density at radius 2 is 1.92 bits per heavy atom. The lowest BCUT2D eigenvalue weighted by molar-refractivity contribution is -0.137. The van der Waals surface area contributed by atoms with Crippen LogP contribution in [0.5, 0.6) is 0 Å². The number of rotatable bonds is 5. The standard InChI is InChI=1S/C7H12N2O4/c1-4(10)9-5(2-6(8)11)3-7(12)13/h5H,2-3H2,1H3,(H2,8,11)(H,9,10)(H,12,13)/t5-/m0/s1. The van der Waals surface area contributed by atoms with Crippen LogP contribution in [0.4, 0.5) is 0 Å². The number of carboxylic acids is 1. The molecule has 0 aromatic carbocycles. The Labute approximate surface area is 75.1 Å². The summed E-state index contributed by atoms with van der Waals surface area (Å²) >= 11 is 0. The second-order valence-corrected chi connectivity index (χ2v) is 2.67. The molecule has 0 aliphatic heterocycles. The second-order valence-electron chi connectivity index (χ2n) is 2.67. The van der Waals surface area contributed by atoms with Crippen molar-refractivity contribution >= 4 is 17.8 Å². The lowest BCUT2D eigenvalue weighted by Crippen LogP contribution is -2.38. The van der Waals surface area contributed by atoms with Crippen molar-refractivity contribution in [2.75, 3.05) is 0 Å². The summed E-state index contributed by atoms with van der Waals surface area (Å²) in [7, 11) is 0. The Morgan fingerprint density at radius 3 is 2.23 bits per heavy atom. The molecule has 0 aromatic rings. The first-order valence-corrected chi connectivity index (χ1v) is 3.69. The molecule has 6 heteroatoms. The first-order valence-electron chi connectivity index (χ1n) is 3.69. The van der Waals surface area contributed by atoms with Gasteiger partial charge in [0.1, 0.15) is 0 Å². The number of primary amides is 1. The van der Waals surface area contributed by atoms with Gasteiger partial charge in [0, 0.05) is 19.4 Å². The molecule has 0 aromatic heterocycles. The van der Waals surface area contributed by atoms with Crippen LogP contribution < -0.4 is 11.1 Å². The molecule has 6 nitrogen and oxygen atoms in total. The third-order valence-corrected chi connectivity index (χ3v) is 1.28. The predicted octanol–water partition coefficient (Wildman–Crippen LogP) is -1.16. The first-order chi connectivity index (χ1) is 5.91. The van der Waals surface area contributed by atoms with E-state index in [1.807, 2.05) is 0 Å². The Kier molecular flexibility index (Phi) is 4.50. The molecule has 0 rings (SSSR count). The van der Waals surface area contributed by atoms with Crippen molar-refractivity contribution < 1.29 is 19.5 Å². The van der Waals surface area contributed by atoms with Crippen LogP contribution in [0, 0.1) is 0 Å². The van der Waals surface area contributed by atoms with Gasteiger partial charge in [0.25, 0.3) is 0 Å². The van der Waals surface area contributed by atoms with E-state index in [4.69, 9.17) is 10.8 Å². The molecule has 1 atom stereocenters. The minimum absolute atomic E-state index is 0.161. The Balaban J connectivity index is 4.10. The maximum absolute atomic E-state index is 10.6. The number of nitrogens with one attached hydrogen (secondary N) is 1. The number of amides is 2. The van der Waals surface area contributed by atoms with Gasteiger partial charge in [0.05, 0.1) is 6.42 Å². The largest absolute Gasteiger partial charge is 0.481 e. The average molecular weight is 188 g/mol. The van der Waals surface area contributed by atoms with Gasteiger partial charge in [-0.05, 0) is 0 Å². The number of carbonyl (C=O) groups excluding carboxylic acids is 2. The monoisotopic (exact) mass is 188 g/mol. The van der Waals surface area contributed by atoms with Crippen molar-refractivity contribution in [3.05, 3.63) is 0 Å². The number of aliphatic carboxylic acids is 1. The molecule has 0 heterocycles. The lowest BCUT2D eigenvalue weighted by atomic mass is 10.1. The maximum Gasteiger partial charge on any atom is 0.305 e. The summed E-state index contributed by atoms with van der Waals surface area (Å²) in [5.41, 5.74) is 4.86. The van der Waals surface area contributed by atoms with Gasteiger partial charge in [0.2, 0.25) is 11.8 Å². The normalized spacial score (nSPS) is 11.8. The molecule has 0 unspecified atom stereocenters. The highest BCUT2D eigenvalue weighted by atomic mass is 16.4. The van der Waals surface area contributed by atoms with E-state index in [1.165, 1.54) is 6.92 Å². The van der Waals surface area contributed by atoms with E-state index in [2.05, 4.69) is 5.32 Å². The van der Waals surface area contributed by atoms with E-state index in [-0.39, 0.29) is 18.7 Å². The fraction of sp³-hybridized carbons (Fsp3) is 0.571. The molecule has 0 bridgehead atoms. The lowest BCUT2D eigenvalue weighted by Gasteiger charge is -2.13. The van der Waals surface area contributed by atoms with Crippen LogP contribution in [0.25, 0.3) is 0 Å². The van der Waals surface area contributed by atoms with Crippen LogP contribution in [-0.2, 0) is 14.4 Å². The molecule has 13 heavy (non-hydrogen) atoms. The van der Waals surface area contributed by atoms with E-state index in [9.17, 15) is 14.4 Å². The number of hydrogen-bond acceptors (Lipinski definition) is 3.